The molecular weight excluding hydrogens is 638 g/mol. The first-order valence-electron chi connectivity index (χ1n) is 15.7. The zero-order valence-electron chi connectivity index (χ0n) is 25.1. The molecule has 218 valence electrons. The van der Waals surface area contributed by atoms with E-state index < -0.39 is 21.2 Å². The molecule has 0 saturated heterocycles. The molecule has 2 aliphatic rings. The van der Waals surface area contributed by atoms with Crippen LogP contribution in [0.25, 0.3) is 0 Å². The standard InChI is InChI=1S/C42H30GeNOP/c1-3-15-31(16-4-1)43(32-17-5-2-6-18-32)35-19-7-13-25-41(35)46(42-26-14-8-20-36(42)43)34-29-27-33(28-30-34)44-37-21-9-11-23-39(37)45-40-24-12-10-22-38(40)44/h1-30H. The van der Waals surface area contributed by atoms with Gasteiger partial charge in [0.25, 0.3) is 0 Å². The van der Waals surface area contributed by atoms with E-state index in [9.17, 15) is 0 Å². The SMILES string of the molecule is c1cc[c]([Ge]2([c]3ccccc3)[c]3ccccc3P(c3ccc(N4c5ccccc5Oc5ccccc54)cc3)c3cccc[c]32)cc1. The molecule has 0 atom stereocenters. The molecule has 7 aromatic rings. The van der Waals surface area contributed by atoms with Gasteiger partial charge in [0.1, 0.15) is 0 Å². The third kappa shape index (κ3) is 4.14. The third-order valence-electron chi connectivity index (χ3n) is 9.31. The van der Waals surface area contributed by atoms with Gasteiger partial charge in [-0.25, -0.2) is 0 Å². The van der Waals surface area contributed by atoms with E-state index in [1.165, 1.54) is 24.7 Å². The van der Waals surface area contributed by atoms with Crippen LogP contribution in [0, 0.1) is 0 Å². The van der Waals surface area contributed by atoms with E-state index in [0.717, 1.165) is 28.6 Å². The van der Waals surface area contributed by atoms with Gasteiger partial charge in [0.15, 0.2) is 0 Å². The van der Waals surface area contributed by atoms with Crippen molar-refractivity contribution in [3.8, 4) is 11.5 Å². The minimum atomic E-state index is -3.33. The number of hydrogen-bond donors (Lipinski definition) is 0. The molecule has 46 heavy (non-hydrogen) atoms. The molecule has 0 unspecified atom stereocenters. The van der Waals surface area contributed by atoms with Crippen LogP contribution in [-0.4, -0.2) is 13.3 Å². The van der Waals surface area contributed by atoms with E-state index >= 15 is 0 Å². The summed E-state index contributed by atoms with van der Waals surface area (Å²) in [5.74, 6) is 1.74. The fourth-order valence-electron chi connectivity index (χ4n) is 7.42. The Labute approximate surface area is 273 Å². The molecule has 0 spiro atoms. The normalized spacial score (nSPS) is 14.3. The van der Waals surface area contributed by atoms with Crippen molar-refractivity contribution in [1.29, 1.82) is 0 Å². The van der Waals surface area contributed by atoms with Gasteiger partial charge in [0.05, 0.1) is 0 Å². The summed E-state index contributed by atoms with van der Waals surface area (Å²) in [6.45, 7) is 0. The predicted molar refractivity (Wildman–Crippen MR) is 197 cm³/mol. The van der Waals surface area contributed by atoms with Crippen molar-refractivity contribution in [3.63, 3.8) is 0 Å². The van der Waals surface area contributed by atoms with Gasteiger partial charge in [-0.1, -0.05) is 0 Å². The van der Waals surface area contributed by atoms with Gasteiger partial charge in [0, 0.05) is 0 Å². The van der Waals surface area contributed by atoms with Gasteiger partial charge >= 0.3 is 275 Å². The fourth-order valence-corrected chi connectivity index (χ4v) is 23.2. The average Bonchev–Trinajstić information content (AvgIpc) is 3.14. The molecule has 7 aromatic carbocycles. The molecule has 0 aliphatic carbocycles. The fraction of sp³-hybridized carbons (Fsp3) is 0. The van der Waals surface area contributed by atoms with Crippen molar-refractivity contribution < 1.29 is 4.74 Å². The van der Waals surface area contributed by atoms with Crippen LogP contribution in [0.15, 0.2) is 182 Å². The first-order chi connectivity index (χ1) is 22.8. The summed E-state index contributed by atoms with van der Waals surface area (Å²) in [5.41, 5.74) is 3.23. The second-order valence-electron chi connectivity index (χ2n) is 11.7. The molecular formula is C42H30GeNOP. The molecule has 0 aromatic heterocycles. The first kappa shape index (κ1) is 27.4. The molecule has 2 heterocycles. The van der Waals surface area contributed by atoms with Gasteiger partial charge in [-0.2, -0.15) is 0 Å². The van der Waals surface area contributed by atoms with E-state index in [1.807, 2.05) is 24.3 Å². The summed E-state index contributed by atoms with van der Waals surface area (Å²) in [4.78, 5) is 2.32. The summed E-state index contributed by atoms with van der Waals surface area (Å²) in [6, 6.07) is 67.2. The van der Waals surface area contributed by atoms with Gasteiger partial charge < -0.3 is 0 Å². The van der Waals surface area contributed by atoms with Crippen LogP contribution in [-0.2, 0) is 0 Å². The summed E-state index contributed by atoms with van der Waals surface area (Å²) >= 11 is -3.33. The third-order valence-corrected chi connectivity index (χ3v) is 23.0. The molecule has 2 aliphatic heterocycles. The summed E-state index contributed by atoms with van der Waals surface area (Å²) in [7, 11) is -0.769. The summed E-state index contributed by atoms with van der Waals surface area (Å²) in [5, 5.41) is 4.34. The zero-order valence-corrected chi connectivity index (χ0v) is 28.1. The molecule has 0 N–H and O–H groups in total. The van der Waals surface area contributed by atoms with Gasteiger partial charge in [-0.3, -0.25) is 0 Å². The monoisotopic (exact) mass is 669 g/mol. The number of para-hydroxylation sites is 4. The van der Waals surface area contributed by atoms with E-state index in [-0.39, 0.29) is 0 Å². The second kappa shape index (κ2) is 11.2. The molecule has 9 rings (SSSR count). The number of rotatable bonds is 4. The maximum absolute atomic E-state index is 6.29. The van der Waals surface area contributed by atoms with E-state index in [0.29, 0.717) is 0 Å². The van der Waals surface area contributed by atoms with Gasteiger partial charge in [0.2, 0.25) is 0 Å². The first-order valence-corrected chi connectivity index (χ1v) is 21.2. The molecule has 0 bridgehead atoms. The molecule has 0 radical (unpaired) electrons. The van der Waals surface area contributed by atoms with Crippen molar-refractivity contribution in [1.82, 2.24) is 0 Å². The second-order valence-corrected chi connectivity index (χ2v) is 21.7. The van der Waals surface area contributed by atoms with Crippen molar-refractivity contribution >= 4 is 71.7 Å². The van der Waals surface area contributed by atoms with Crippen LogP contribution in [0.5, 0.6) is 11.5 Å². The van der Waals surface area contributed by atoms with Crippen LogP contribution in [0.4, 0.5) is 17.1 Å². The van der Waals surface area contributed by atoms with Gasteiger partial charge in [-0.15, -0.1) is 0 Å². The van der Waals surface area contributed by atoms with Crippen LogP contribution in [0.3, 0.4) is 0 Å². The van der Waals surface area contributed by atoms with Crippen LogP contribution in [0.2, 0.25) is 0 Å². The van der Waals surface area contributed by atoms with Gasteiger partial charge in [-0.05, 0) is 0 Å². The number of hydrogen-bond acceptors (Lipinski definition) is 2. The average molecular weight is 668 g/mol. The Morgan fingerprint density at radius 2 is 0.848 bits per heavy atom. The Morgan fingerprint density at radius 1 is 0.413 bits per heavy atom. The Balaban J connectivity index is 1.23. The van der Waals surface area contributed by atoms with Crippen molar-refractivity contribution in [3.05, 3.63) is 182 Å². The zero-order chi connectivity index (χ0) is 30.5. The molecule has 0 saturated carbocycles. The van der Waals surface area contributed by atoms with Crippen LogP contribution < -0.4 is 43.1 Å². The molecule has 4 heteroatoms. The Bertz CT molecular complexity index is 2070. The minimum absolute atomic E-state index is 0.769. The molecule has 2 nitrogen and oxygen atoms in total. The van der Waals surface area contributed by atoms with E-state index in [1.54, 1.807) is 8.79 Å². The Kier molecular flexibility index (Phi) is 6.66. The number of benzene rings is 7. The van der Waals surface area contributed by atoms with Crippen LogP contribution in [0.1, 0.15) is 0 Å². The maximum atomic E-state index is 6.29. The number of fused-ring (bicyclic) bond motifs is 4. The van der Waals surface area contributed by atoms with Crippen LogP contribution >= 0.6 is 7.92 Å². The summed E-state index contributed by atoms with van der Waals surface area (Å²) < 4.78 is 12.3. The van der Waals surface area contributed by atoms with E-state index in [4.69, 9.17) is 4.74 Å². The Hall–Kier alpha value is -4.89. The van der Waals surface area contributed by atoms with E-state index in [2.05, 4.69) is 163 Å². The topological polar surface area (TPSA) is 12.5 Å². The molecule has 0 fully saturated rings. The quantitative estimate of drug-likeness (QED) is 0.153. The van der Waals surface area contributed by atoms with Crippen molar-refractivity contribution in [2.75, 3.05) is 4.90 Å². The van der Waals surface area contributed by atoms with Crippen molar-refractivity contribution in [2.24, 2.45) is 0 Å². The summed E-state index contributed by atoms with van der Waals surface area (Å²) in [6.07, 6.45) is 0. The van der Waals surface area contributed by atoms with Crippen molar-refractivity contribution in [2.45, 2.75) is 0 Å². The number of nitrogens with zero attached hydrogens (tertiary/aromatic N) is 1. The predicted octanol–water partition coefficient (Wildman–Crippen LogP) is 6.71. The number of anilines is 3. The Morgan fingerprint density at radius 3 is 1.37 bits per heavy atom. The number of ether oxygens (including phenoxy) is 1. The molecule has 0 amide bonds.